The minimum Gasteiger partial charge on any atom is -0.507 e. The molecule has 3 aromatic rings. The standard InChI is InChI=1S/C32H33NO6/c1-4-15-38-26-14-11-22(18-27(26)37-5-2)29-28(30(34)23-12-13-25-24(17-23)16-20(3)39-25)31(35)32(36)33(29)19-21-9-7-6-8-10-21/h6-14,17-18,20,29,34H,4-5,15-16,19H2,1-3H3/b30-28+. The molecule has 0 saturated carbocycles. The van der Waals surface area contributed by atoms with E-state index < -0.39 is 17.7 Å². The lowest BCUT2D eigenvalue weighted by molar-refractivity contribution is -0.140. The first-order valence-electron chi connectivity index (χ1n) is 13.4. The highest BCUT2D eigenvalue weighted by atomic mass is 16.5. The second kappa shape index (κ2) is 11.2. The fraction of sp³-hybridized carbons (Fsp3) is 0.312. The molecule has 7 nitrogen and oxygen atoms in total. The van der Waals surface area contributed by atoms with Gasteiger partial charge in [-0.1, -0.05) is 43.3 Å². The number of amides is 1. The molecular weight excluding hydrogens is 494 g/mol. The van der Waals surface area contributed by atoms with Crippen molar-refractivity contribution in [2.24, 2.45) is 0 Å². The predicted octanol–water partition coefficient (Wildman–Crippen LogP) is 5.82. The smallest absolute Gasteiger partial charge is 0.295 e. The maximum Gasteiger partial charge on any atom is 0.295 e. The maximum atomic E-state index is 13.5. The Morgan fingerprint density at radius 1 is 1.00 bits per heavy atom. The van der Waals surface area contributed by atoms with E-state index >= 15 is 0 Å². The van der Waals surface area contributed by atoms with Gasteiger partial charge in [0.15, 0.2) is 11.5 Å². The van der Waals surface area contributed by atoms with Crippen LogP contribution in [0.25, 0.3) is 5.76 Å². The first kappa shape index (κ1) is 26.4. The Morgan fingerprint density at radius 3 is 2.54 bits per heavy atom. The molecule has 1 amide bonds. The van der Waals surface area contributed by atoms with Gasteiger partial charge < -0.3 is 24.2 Å². The van der Waals surface area contributed by atoms with Crippen molar-refractivity contribution < 1.29 is 28.9 Å². The van der Waals surface area contributed by atoms with E-state index in [1.807, 2.05) is 63.2 Å². The topological polar surface area (TPSA) is 85.3 Å². The Hall–Kier alpha value is -4.26. The van der Waals surface area contributed by atoms with Gasteiger partial charge in [0.25, 0.3) is 11.7 Å². The fourth-order valence-corrected chi connectivity index (χ4v) is 5.19. The number of ether oxygens (including phenoxy) is 3. The van der Waals surface area contributed by atoms with E-state index in [-0.39, 0.29) is 24.0 Å². The number of nitrogens with zero attached hydrogens (tertiary/aromatic N) is 1. The third-order valence-electron chi connectivity index (χ3n) is 6.95. The number of aliphatic hydroxyl groups excluding tert-OH is 1. The molecule has 202 valence electrons. The molecule has 0 radical (unpaired) electrons. The first-order valence-corrected chi connectivity index (χ1v) is 13.4. The summed E-state index contributed by atoms with van der Waals surface area (Å²) in [4.78, 5) is 28.5. The predicted molar refractivity (Wildman–Crippen MR) is 148 cm³/mol. The van der Waals surface area contributed by atoms with Gasteiger partial charge in [0.1, 0.15) is 17.6 Å². The van der Waals surface area contributed by atoms with Crippen molar-refractivity contribution in [3.8, 4) is 17.2 Å². The van der Waals surface area contributed by atoms with Crippen LogP contribution in [0.2, 0.25) is 0 Å². The summed E-state index contributed by atoms with van der Waals surface area (Å²) >= 11 is 0. The number of carbonyl (C=O) groups is 2. The number of hydrogen-bond acceptors (Lipinski definition) is 6. The Labute approximate surface area is 228 Å². The molecule has 2 aliphatic heterocycles. The van der Waals surface area contributed by atoms with E-state index in [2.05, 4.69) is 0 Å². The van der Waals surface area contributed by atoms with Crippen molar-refractivity contribution in [2.45, 2.75) is 52.3 Å². The van der Waals surface area contributed by atoms with Gasteiger partial charge in [0.2, 0.25) is 0 Å². The molecule has 2 atom stereocenters. The number of Topliss-reactive ketones (excluding diaryl/α,β-unsaturated/α-hetero) is 1. The number of likely N-dealkylation sites (tertiary alicyclic amines) is 1. The Morgan fingerprint density at radius 2 is 1.79 bits per heavy atom. The highest BCUT2D eigenvalue weighted by molar-refractivity contribution is 6.46. The SMILES string of the molecule is CCCOc1ccc(C2/C(=C(\O)c3ccc4c(c3)CC(C)O4)C(=O)C(=O)N2Cc2ccccc2)cc1OCC. The van der Waals surface area contributed by atoms with E-state index in [0.717, 1.165) is 23.3 Å². The summed E-state index contributed by atoms with van der Waals surface area (Å²) in [5.41, 5.74) is 3.00. The zero-order chi connectivity index (χ0) is 27.5. The lowest BCUT2D eigenvalue weighted by atomic mass is 9.94. The Balaban J connectivity index is 1.63. The summed E-state index contributed by atoms with van der Waals surface area (Å²) in [6, 6.07) is 19.5. The van der Waals surface area contributed by atoms with Crippen LogP contribution in [0.5, 0.6) is 17.2 Å². The monoisotopic (exact) mass is 527 g/mol. The lowest BCUT2D eigenvalue weighted by Crippen LogP contribution is -2.29. The van der Waals surface area contributed by atoms with E-state index in [0.29, 0.717) is 42.3 Å². The van der Waals surface area contributed by atoms with Gasteiger partial charge in [-0.3, -0.25) is 9.59 Å². The molecule has 1 N–H and O–H groups in total. The highest BCUT2D eigenvalue weighted by Gasteiger charge is 2.46. The molecule has 0 aliphatic carbocycles. The third-order valence-corrected chi connectivity index (χ3v) is 6.95. The number of carbonyl (C=O) groups excluding carboxylic acids is 2. The summed E-state index contributed by atoms with van der Waals surface area (Å²) in [5.74, 6) is 0.299. The van der Waals surface area contributed by atoms with E-state index in [9.17, 15) is 14.7 Å². The zero-order valence-corrected chi connectivity index (χ0v) is 22.5. The molecule has 1 fully saturated rings. The minimum atomic E-state index is -0.812. The first-order chi connectivity index (χ1) is 18.9. The molecule has 39 heavy (non-hydrogen) atoms. The van der Waals surface area contributed by atoms with Gasteiger partial charge in [-0.25, -0.2) is 0 Å². The molecule has 2 aliphatic rings. The highest BCUT2D eigenvalue weighted by Crippen LogP contribution is 2.43. The average molecular weight is 528 g/mol. The second-order valence-corrected chi connectivity index (χ2v) is 9.86. The molecule has 2 heterocycles. The van der Waals surface area contributed by atoms with Crippen LogP contribution >= 0.6 is 0 Å². The molecule has 5 rings (SSSR count). The van der Waals surface area contributed by atoms with Crippen molar-refractivity contribution in [1.29, 1.82) is 0 Å². The van der Waals surface area contributed by atoms with Gasteiger partial charge >= 0.3 is 0 Å². The molecule has 1 saturated heterocycles. The van der Waals surface area contributed by atoms with Gasteiger partial charge in [-0.2, -0.15) is 0 Å². The van der Waals surface area contributed by atoms with Crippen LogP contribution in [0, 0.1) is 0 Å². The summed E-state index contributed by atoms with van der Waals surface area (Å²) < 4.78 is 17.5. The van der Waals surface area contributed by atoms with Crippen molar-refractivity contribution >= 4 is 17.4 Å². The van der Waals surface area contributed by atoms with Gasteiger partial charge in [0.05, 0.1) is 24.8 Å². The third kappa shape index (κ3) is 5.21. The molecule has 2 unspecified atom stereocenters. The normalized spacial score (nSPS) is 19.6. The molecule has 0 bridgehead atoms. The van der Waals surface area contributed by atoms with Crippen LogP contribution in [0.1, 0.15) is 55.5 Å². The second-order valence-electron chi connectivity index (χ2n) is 9.86. The van der Waals surface area contributed by atoms with Crippen LogP contribution in [-0.2, 0) is 22.6 Å². The lowest BCUT2D eigenvalue weighted by Gasteiger charge is -2.26. The zero-order valence-electron chi connectivity index (χ0n) is 22.5. The minimum absolute atomic E-state index is 0.0410. The van der Waals surface area contributed by atoms with Crippen LogP contribution in [0.4, 0.5) is 0 Å². The molecule has 3 aromatic carbocycles. The summed E-state index contributed by atoms with van der Waals surface area (Å²) in [6.07, 6.45) is 1.59. The summed E-state index contributed by atoms with van der Waals surface area (Å²) in [7, 11) is 0. The van der Waals surface area contributed by atoms with Gasteiger partial charge in [0, 0.05) is 18.5 Å². The number of aliphatic hydroxyl groups is 1. The van der Waals surface area contributed by atoms with E-state index in [4.69, 9.17) is 14.2 Å². The number of ketones is 1. The van der Waals surface area contributed by atoms with Crippen LogP contribution in [0.3, 0.4) is 0 Å². The van der Waals surface area contributed by atoms with Gasteiger partial charge in [-0.05, 0) is 67.3 Å². The van der Waals surface area contributed by atoms with Crippen molar-refractivity contribution in [2.75, 3.05) is 13.2 Å². The quantitative estimate of drug-likeness (QED) is 0.214. The van der Waals surface area contributed by atoms with Gasteiger partial charge in [-0.15, -0.1) is 0 Å². The largest absolute Gasteiger partial charge is 0.507 e. The molecule has 0 spiro atoms. The van der Waals surface area contributed by atoms with Crippen LogP contribution < -0.4 is 14.2 Å². The van der Waals surface area contributed by atoms with Crippen molar-refractivity contribution in [3.63, 3.8) is 0 Å². The summed E-state index contributed by atoms with van der Waals surface area (Å²) in [6.45, 7) is 7.06. The Bertz CT molecular complexity index is 1410. The average Bonchev–Trinajstić information content (AvgIpc) is 3.43. The van der Waals surface area contributed by atoms with Crippen LogP contribution in [0.15, 0.2) is 72.3 Å². The number of rotatable bonds is 9. The Kier molecular flexibility index (Phi) is 7.59. The fourth-order valence-electron chi connectivity index (χ4n) is 5.19. The van der Waals surface area contributed by atoms with E-state index in [1.165, 1.54) is 4.90 Å². The molecule has 7 heteroatoms. The number of benzene rings is 3. The van der Waals surface area contributed by atoms with Crippen LogP contribution in [-0.4, -0.2) is 41.0 Å². The summed E-state index contributed by atoms with van der Waals surface area (Å²) in [5, 5.41) is 11.5. The maximum absolute atomic E-state index is 13.5. The van der Waals surface area contributed by atoms with Crippen molar-refractivity contribution in [1.82, 2.24) is 4.90 Å². The number of hydrogen-bond donors (Lipinski definition) is 1. The van der Waals surface area contributed by atoms with E-state index in [1.54, 1.807) is 24.3 Å². The van der Waals surface area contributed by atoms with Crippen molar-refractivity contribution in [3.05, 3.63) is 94.6 Å². The molecule has 0 aromatic heterocycles. The molecular formula is C32H33NO6. The number of fused-ring (bicyclic) bond motifs is 1.